The first-order chi connectivity index (χ1) is 7.80. The van der Waals surface area contributed by atoms with E-state index < -0.39 is 0 Å². The second-order valence-corrected chi connectivity index (χ2v) is 3.66. The van der Waals surface area contributed by atoms with Gasteiger partial charge >= 0.3 is 0 Å². The summed E-state index contributed by atoms with van der Waals surface area (Å²) in [6.07, 6.45) is 1.04. The molecule has 16 heavy (non-hydrogen) atoms. The van der Waals surface area contributed by atoms with E-state index >= 15 is 0 Å². The number of hydrogen-bond acceptors (Lipinski definition) is 3. The van der Waals surface area contributed by atoms with Crippen LogP contribution >= 0.6 is 0 Å². The van der Waals surface area contributed by atoms with E-state index in [0.29, 0.717) is 12.6 Å². The quantitative estimate of drug-likeness (QED) is 0.771. The molecule has 1 N–H and O–H groups in total. The lowest BCUT2D eigenvalue weighted by Gasteiger charge is -2.17. The van der Waals surface area contributed by atoms with Gasteiger partial charge in [-0.25, -0.2) is 0 Å². The van der Waals surface area contributed by atoms with Gasteiger partial charge in [-0.3, -0.25) is 0 Å². The molecule has 0 aliphatic carbocycles. The largest absolute Gasteiger partial charge is 0.494 e. The van der Waals surface area contributed by atoms with Crippen LogP contribution in [0.15, 0.2) is 24.3 Å². The van der Waals surface area contributed by atoms with Crippen molar-refractivity contribution in [2.45, 2.75) is 26.3 Å². The van der Waals surface area contributed by atoms with Crippen LogP contribution in [-0.4, -0.2) is 26.4 Å². The molecule has 0 bridgehead atoms. The average Bonchev–Trinajstić information content (AvgIpc) is 2.31. The smallest absolute Gasteiger partial charge is 0.119 e. The molecule has 90 valence electrons. The summed E-state index contributed by atoms with van der Waals surface area (Å²) in [5.41, 5.74) is 1.10. The summed E-state index contributed by atoms with van der Waals surface area (Å²) < 4.78 is 10.5. The van der Waals surface area contributed by atoms with Crippen LogP contribution in [0.3, 0.4) is 0 Å². The highest BCUT2D eigenvalue weighted by molar-refractivity contribution is 5.47. The van der Waals surface area contributed by atoms with Crippen LogP contribution in [-0.2, 0) is 4.74 Å². The Labute approximate surface area is 97.8 Å². The maximum absolute atomic E-state index is 5.39. The molecular formula is C13H21NO2. The maximum atomic E-state index is 5.39. The molecule has 0 aliphatic rings. The van der Waals surface area contributed by atoms with Gasteiger partial charge in [-0.15, -0.1) is 0 Å². The Morgan fingerprint density at radius 3 is 2.38 bits per heavy atom. The first kappa shape index (κ1) is 12.8. The van der Waals surface area contributed by atoms with Crippen LogP contribution in [0.25, 0.3) is 0 Å². The van der Waals surface area contributed by atoms with Crippen molar-refractivity contribution in [1.29, 1.82) is 0 Å². The molecule has 3 heteroatoms. The Hall–Kier alpha value is -1.22. The number of nitrogens with one attached hydrogen (secondary N) is 1. The van der Waals surface area contributed by atoms with Crippen LogP contribution < -0.4 is 10.1 Å². The Morgan fingerprint density at radius 1 is 1.19 bits per heavy atom. The zero-order valence-electron chi connectivity index (χ0n) is 10.3. The van der Waals surface area contributed by atoms with E-state index in [1.54, 1.807) is 7.11 Å². The third-order valence-electron chi connectivity index (χ3n) is 2.40. The van der Waals surface area contributed by atoms with E-state index in [-0.39, 0.29) is 0 Å². The van der Waals surface area contributed by atoms with Gasteiger partial charge in [-0.05, 0) is 37.6 Å². The van der Waals surface area contributed by atoms with E-state index in [1.807, 2.05) is 31.2 Å². The van der Waals surface area contributed by atoms with Gasteiger partial charge in [0.05, 0.1) is 13.2 Å². The Bertz CT molecular complexity index is 284. The van der Waals surface area contributed by atoms with Gasteiger partial charge in [0.2, 0.25) is 0 Å². The fourth-order valence-corrected chi connectivity index (χ4v) is 1.51. The number of hydrogen-bond donors (Lipinski definition) is 1. The molecule has 1 aromatic rings. The topological polar surface area (TPSA) is 30.5 Å². The maximum Gasteiger partial charge on any atom is 0.119 e. The highest BCUT2D eigenvalue weighted by Gasteiger charge is 2.04. The van der Waals surface area contributed by atoms with Gasteiger partial charge in [-0.1, -0.05) is 6.92 Å². The molecule has 1 rings (SSSR count). The van der Waals surface area contributed by atoms with Gasteiger partial charge in [-0.2, -0.15) is 0 Å². The van der Waals surface area contributed by atoms with Crippen molar-refractivity contribution in [2.24, 2.45) is 0 Å². The number of anilines is 1. The summed E-state index contributed by atoms with van der Waals surface area (Å²) in [6.45, 7) is 5.56. The van der Waals surface area contributed by atoms with Crippen LogP contribution in [0, 0.1) is 0 Å². The lowest BCUT2D eigenvalue weighted by atomic mass is 10.2. The van der Waals surface area contributed by atoms with E-state index in [2.05, 4.69) is 12.2 Å². The highest BCUT2D eigenvalue weighted by Crippen LogP contribution is 2.16. The molecule has 0 saturated carbocycles. The van der Waals surface area contributed by atoms with Crippen molar-refractivity contribution in [2.75, 3.05) is 25.6 Å². The lowest BCUT2D eigenvalue weighted by Crippen LogP contribution is -2.23. The van der Waals surface area contributed by atoms with E-state index in [9.17, 15) is 0 Å². The molecule has 0 amide bonds. The van der Waals surface area contributed by atoms with Crippen molar-refractivity contribution in [3.05, 3.63) is 24.3 Å². The van der Waals surface area contributed by atoms with Crippen LogP contribution in [0.2, 0.25) is 0 Å². The van der Waals surface area contributed by atoms with Crippen molar-refractivity contribution >= 4 is 5.69 Å². The summed E-state index contributed by atoms with van der Waals surface area (Å²) in [5, 5.41) is 3.42. The first-order valence-corrected chi connectivity index (χ1v) is 5.78. The molecule has 0 saturated heterocycles. The lowest BCUT2D eigenvalue weighted by molar-refractivity contribution is 0.184. The van der Waals surface area contributed by atoms with Gasteiger partial charge in [0, 0.05) is 18.8 Å². The standard InChI is InChI=1S/C13H21NO2/c1-4-11(10-15-3)14-12-6-8-13(9-7-12)16-5-2/h6-9,11,14H,4-5,10H2,1-3H3. The van der Waals surface area contributed by atoms with Gasteiger partial charge in [0.25, 0.3) is 0 Å². The zero-order chi connectivity index (χ0) is 11.8. The van der Waals surface area contributed by atoms with Crippen molar-refractivity contribution in [1.82, 2.24) is 0 Å². The predicted molar refractivity (Wildman–Crippen MR) is 67.2 cm³/mol. The third kappa shape index (κ3) is 4.11. The number of methoxy groups -OCH3 is 1. The van der Waals surface area contributed by atoms with E-state index in [4.69, 9.17) is 9.47 Å². The Kier molecular flexibility index (Phi) is 5.72. The average molecular weight is 223 g/mol. The molecule has 0 radical (unpaired) electrons. The molecular weight excluding hydrogens is 202 g/mol. The van der Waals surface area contributed by atoms with E-state index in [1.165, 1.54) is 0 Å². The predicted octanol–water partition coefficient (Wildman–Crippen LogP) is 2.92. The molecule has 1 atom stereocenters. The molecule has 0 spiro atoms. The van der Waals surface area contributed by atoms with Gasteiger partial charge in [0.15, 0.2) is 0 Å². The summed E-state index contributed by atoms with van der Waals surface area (Å²) in [5.74, 6) is 0.910. The molecule has 0 aliphatic heterocycles. The minimum atomic E-state index is 0.364. The molecule has 1 unspecified atom stereocenters. The fourth-order valence-electron chi connectivity index (χ4n) is 1.51. The van der Waals surface area contributed by atoms with Crippen LogP contribution in [0.5, 0.6) is 5.75 Å². The fraction of sp³-hybridized carbons (Fsp3) is 0.538. The summed E-state index contributed by atoms with van der Waals surface area (Å²) in [7, 11) is 1.72. The first-order valence-electron chi connectivity index (χ1n) is 5.78. The number of benzene rings is 1. The second-order valence-electron chi connectivity index (χ2n) is 3.66. The number of ether oxygens (including phenoxy) is 2. The summed E-state index contributed by atoms with van der Waals surface area (Å²) >= 11 is 0. The van der Waals surface area contributed by atoms with Crippen molar-refractivity contribution in [3.63, 3.8) is 0 Å². The zero-order valence-corrected chi connectivity index (χ0v) is 10.3. The van der Waals surface area contributed by atoms with Gasteiger partial charge in [0.1, 0.15) is 5.75 Å². The molecule has 3 nitrogen and oxygen atoms in total. The summed E-state index contributed by atoms with van der Waals surface area (Å²) in [4.78, 5) is 0. The molecule has 0 fully saturated rings. The number of rotatable bonds is 7. The monoisotopic (exact) mass is 223 g/mol. The SMILES string of the molecule is CCOc1ccc(NC(CC)COC)cc1. The molecule has 0 heterocycles. The Morgan fingerprint density at radius 2 is 1.88 bits per heavy atom. The summed E-state index contributed by atoms with van der Waals surface area (Å²) in [6, 6.07) is 8.38. The van der Waals surface area contributed by atoms with Crippen molar-refractivity contribution < 1.29 is 9.47 Å². The molecule has 1 aromatic carbocycles. The van der Waals surface area contributed by atoms with Gasteiger partial charge < -0.3 is 14.8 Å². The van der Waals surface area contributed by atoms with Crippen LogP contribution in [0.1, 0.15) is 20.3 Å². The second kappa shape index (κ2) is 7.12. The Balaban J connectivity index is 2.53. The van der Waals surface area contributed by atoms with E-state index in [0.717, 1.165) is 24.5 Å². The van der Waals surface area contributed by atoms with Crippen molar-refractivity contribution in [3.8, 4) is 5.75 Å². The molecule has 0 aromatic heterocycles. The minimum Gasteiger partial charge on any atom is -0.494 e. The minimum absolute atomic E-state index is 0.364. The third-order valence-corrected chi connectivity index (χ3v) is 2.40. The van der Waals surface area contributed by atoms with Crippen LogP contribution in [0.4, 0.5) is 5.69 Å². The normalized spacial score (nSPS) is 12.2. The highest BCUT2D eigenvalue weighted by atomic mass is 16.5.